The zero-order valence-electron chi connectivity index (χ0n) is 18.7. The highest BCUT2D eigenvalue weighted by atomic mass is 16.2. The number of hydrogen-bond donors (Lipinski definition) is 1. The van der Waals surface area contributed by atoms with Gasteiger partial charge in [0.25, 0.3) is 5.91 Å². The largest absolute Gasteiger partial charge is 0.355 e. The van der Waals surface area contributed by atoms with Gasteiger partial charge in [-0.15, -0.1) is 0 Å². The molecule has 1 N–H and O–H groups in total. The molecule has 4 rings (SSSR count). The summed E-state index contributed by atoms with van der Waals surface area (Å²) in [4.78, 5) is 26.7. The Morgan fingerprint density at radius 1 is 1.09 bits per heavy atom. The predicted octanol–water partition coefficient (Wildman–Crippen LogP) is 4.05. The minimum Gasteiger partial charge on any atom is -0.355 e. The van der Waals surface area contributed by atoms with Crippen molar-refractivity contribution in [3.8, 4) is 5.69 Å². The molecular weight excluding hydrogens is 400 g/mol. The van der Waals surface area contributed by atoms with Gasteiger partial charge >= 0.3 is 0 Å². The summed E-state index contributed by atoms with van der Waals surface area (Å²) in [7, 11) is 1.61. The van der Waals surface area contributed by atoms with Gasteiger partial charge in [-0.3, -0.25) is 9.59 Å². The summed E-state index contributed by atoms with van der Waals surface area (Å²) in [6.45, 7) is 4.51. The van der Waals surface area contributed by atoms with E-state index in [2.05, 4.69) is 10.4 Å². The number of hydrogen-bond acceptors (Lipinski definition) is 3. The van der Waals surface area contributed by atoms with Crippen LogP contribution in [0.4, 0.5) is 0 Å². The minimum absolute atomic E-state index is 0.00543. The molecule has 2 amide bonds. The third-order valence-electron chi connectivity index (χ3n) is 5.81. The predicted molar refractivity (Wildman–Crippen MR) is 125 cm³/mol. The average Bonchev–Trinajstić information content (AvgIpc) is 3.62. The number of nitrogens with one attached hydrogen (secondary N) is 1. The van der Waals surface area contributed by atoms with Gasteiger partial charge in [0, 0.05) is 42.5 Å². The fourth-order valence-corrected chi connectivity index (χ4v) is 3.84. The van der Waals surface area contributed by atoms with E-state index in [1.165, 1.54) is 0 Å². The molecule has 1 aliphatic carbocycles. The molecule has 0 spiro atoms. The number of para-hydroxylation sites is 1. The molecule has 3 aromatic rings. The summed E-state index contributed by atoms with van der Waals surface area (Å²) >= 11 is 0. The molecule has 6 nitrogen and oxygen atoms in total. The maximum Gasteiger partial charge on any atom is 0.251 e. The van der Waals surface area contributed by atoms with E-state index in [9.17, 15) is 9.59 Å². The molecule has 1 saturated carbocycles. The van der Waals surface area contributed by atoms with Crippen molar-refractivity contribution in [3.05, 3.63) is 88.8 Å². The smallest absolute Gasteiger partial charge is 0.251 e. The Hall–Kier alpha value is -3.67. The van der Waals surface area contributed by atoms with E-state index in [-0.39, 0.29) is 17.9 Å². The van der Waals surface area contributed by atoms with Crippen LogP contribution in [0, 0.1) is 13.8 Å². The maximum atomic E-state index is 13.1. The standard InChI is InChI=1S/C26H28N4O2/c1-18-24(19(2)30(28-18)23-7-5-4-6-8-23)15-16-25(31)29(22-13-14-22)17-20-9-11-21(12-10-20)26(32)27-3/h4-12,15-16,22H,13-14,17H2,1-3H3,(H,27,32)/b16-15+. The lowest BCUT2D eigenvalue weighted by Crippen LogP contribution is -2.31. The van der Waals surface area contributed by atoms with Crippen molar-refractivity contribution in [2.75, 3.05) is 7.05 Å². The summed E-state index contributed by atoms with van der Waals surface area (Å²) in [5.74, 6) is -0.120. The number of amides is 2. The molecule has 0 saturated heterocycles. The highest BCUT2D eigenvalue weighted by Crippen LogP contribution is 2.29. The number of benzene rings is 2. The number of aryl methyl sites for hydroxylation is 1. The van der Waals surface area contributed by atoms with Crippen molar-refractivity contribution in [2.24, 2.45) is 0 Å². The molecule has 0 unspecified atom stereocenters. The van der Waals surface area contributed by atoms with Crippen molar-refractivity contribution in [1.29, 1.82) is 0 Å². The van der Waals surface area contributed by atoms with E-state index < -0.39 is 0 Å². The summed E-state index contributed by atoms with van der Waals surface area (Å²) in [6, 6.07) is 17.7. The normalized spacial score (nSPS) is 13.3. The second kappa shape index (κ2) is 9.22. The first-order valence-electron chi connectivity index (χ1n) is 10.9. The number of rotatable bonds is 7. The Morgan fingerprint density at radius 2 is 1.78 bits per heavy atom. The zero-order valence-corrected chi connectivity index (χ0v) is 18.7. The molecule has 1 aromatic heterocycles. The third-order valence-corrected chi connectivity index (χ3v) is 5.81. The van der Waals surface area contributed by atoms with Gasteiger partial charge in [-0.2, -0.15) is 5.10 Å². The molecule has 0 atom stereocenters. The zero-order chi connectivity index (χ0) is 22.7. The van der Waals surface area contributed by atoms with Crippen LogP contribution < -0.4 is 5.32 Å². The molecule has 164 valence electrons. The van der Waals surface area contributed by atoms with Crippen LogP contribution in [-0.4, -0.2) is 39.6 Å². The van der Waals surface area contributed by atoms with Crippen molar-refractivity contribution in [1.82, 2.24) is 20.0 Å². The lowest BCUT2D eigenvalue weighted by Gasteiger charge is -2.21. The van der Waals surface area contributed by atoms with E-state index in [4.69, 9.17) is 0 Å². The molecule has 32 heavy (non-hydrogen) atoms. The lowest BCUT2D eigenvalue weighted by molar-refractivity contribution is -0.127. The van der Waals surface area contributed by atoms with E-state index in [1.54, 1.807) is 25.3 Å². The summed E-state index contributed by atoms with van der Waals surface area (Å²) in [5, 5.41) is 7.28. The molecule has 1 fully saturated rings. The summed E-state index contributed by atoms with van der Waals surface area (Å²) in [6.07, 6.45) is 5.59. The Balaban J connectivity index is 1.50. The molecular formula is C26H28N4O2. The third kappa shape index (κ3) is 4.64. The first kappa shape index (κ1) is 21.6. The molecule has 1 heterocycles. The minimum atomic E-state index is -0.114. The lowest BCUT2D eigenvalue weighted by atomic mass is 10.1. The second-order valence-electron chi connectivity index (χ2n) is 8.14. The average molecular weight is 429 g/mol. The van der Waals surface area contributed by atoms with Crippen molar-refractivity contribution < 1.29 is 9.59 Å². The second-order valence-corrected chi connectivity index (χ2v) is 8.14. The fourth-order valence-electron chi connectivity index (χ4n) is 3.84. The van der Waals surface area contributed by atoms with Crippen LogP contribution in [0.2, 0.25) is 0 Å². The first-order chi connectivity index (χ1) is 15.5. The van der Waals surface area contributed by atoms with Gasteiger partial charge in [-0.25, -0.2) is 4.68 Å². The Labute approximate surface area is 188 Å². The van der Waals surface area contributed by atoms with Crippen LogP contribution in [0.1, 0.15) is 45.7 Å². The molecule has 0 bridgehead atoms. The van der Waals surface area contributed by atoms with Crippen molar-refractivity contribution >= 4 is 17.9 Å². The van der Waals surface area contributed by atoms with Gasteiger partial charge < -0.3 is 10.2 Å². The van der Waals surface area contributed by atoms with Gasteiger partial charge in [-0.05, 0) is 62.6 Å². The van der Waals surface area contributed by atoms with Crippen LogP contribution in [0.15, 0.2) is 60.7 Å². The highest BCUT2D eigenvalue weighted by molar-refractivity contribution is 5.94. The van der Waals surface area contributed by atoms with Crippen LogP contribution in [0.5, 0.6) is 0 Å². The Bertz CT molecular complexity index is 1140. The topological polar surface area (TPSA) is 67.2 Å². The molecule has 0 aliphatic heterocycles. The number of nitrogens with zero attached hydrogens (tertiary/aromatic N) is 3. The van der Waals surface area contributed by atoms with E-state index >= 15 is 0 Å². The molecule has 2 aromatic carbocycles. The summed E-state index contributed by atoms with van der Waals surface area (Å²) in [5.41, 5.74) is 5.47. The van der Waals surface area contributed by atoms with Crippen molar-refractivity contribution in [2.45, 2.75) is 39.3 Å². The van der Waals surface area contributed by atoms with Crippen LogP contribution in [-0.2, 0) is 11.3 Å². The van der Waals surface area contributed by atoms with E-state index in [1.807, 2.05) is 72.0 Å². The molecule has 1 aliphatic rings. The van der Waals surface area contributed by atoms with Crippen LogP contribution in [0.25, 0.3) is 11.8 Å². The van der Waals surface area contributed by atoms with Crippen LogP contribution in [0.3, 0.4) is 0 Å². The fraction of sp³-hybridized carbons (Fsp3) is 0.269. The Kier molecular flexibility index (Phi) is 6.21. The first-order valence-corrected chi connectivity index (χ1v) is 10.9. The SMILES string of the molecule is CNC(=O)c1ccc(CN(C(=O)/C=C/c2c(C)nn(-c3ccccc3)c2C)C2CC2)cc1. The number of carbonyl (C=O) groups excluding carboxylic acids is 2. The van der Waals surface area contributed by atoms with Gasteiger partial charge in [-0.1, -0.05) is 30.3 Å². The number of carbonyl (C=O) groups is 2. The van der Waals surface area contributed by atoms with Gasteiger partial charge in [0.15, 0.2) is 0 Å². The monoisotopic (exact) mass is 428 g/mol. The van der Waals surface area contributed by atoms with Gasteiger partial charge in [0.1, 0.15) is 0 Å². The van der Waals surface area contributed by atoms with Gasteiger partial charge in [0.05, 0.1) is 11.4 Å². The Morgan fingerprint density at radius 3 is 2.41 bits per heavy atom. The van der Waals surface area contributed by atoms with Gasteiger partial charge in [0.2, 0.25) is 5.91 Å². The summed E-state index contributed by atoms with van der Waals surface area (Å²) < 4.78 is 1.91. The quantitative estimate of drug-likeness (QED) is 0.577. The molecule has 6 heteroatoms. The van der Waals surface area contributed by atoms with Crippen molar-refractivity contribution in [3.63, 3.8) is 0 Å². The van der Waals surface area contributed by atoms with E-state index in [0.717, 1.165) is 41.0 Å². The van der Waals surface area contributed by atoms with E-state index in [0.29, 0.717) is 12.1 Å². The highest BCUT2D eigenvalue weighted by Gasteiger charge is 2.31. The molecule has 0 radical (unpaired) electrons. The van der Waals surface area contributed by atoms with Crippen LogP contribution >= 0.6 is 0 Å². The maximum absolute atomic E-state index is 13.1. The number of aromatic nitrogens is 2.